The SMILES string of the molecule is Cc1cnc(C)c(N2CCC[C@@H](c3ncc(C)s3)C2)n1. The van der Waals surface area contributed by atoms with E-state index in [0.717, 1.165) is 30.3 Å². The molecule has 0 N–H and O–H groups in total. The van der Waals surface area contributed by atoms with Gasteiger partial charge in [-0.3, -0.25) is 4.98 Å². The lowest BCUT2D eigenvalue weighted by molar-refractivity contribution is 0.504. The lowest BCUT2D eigenvalue weighted by atomic mass is 9.98. The van der Waals surface area contributed by atoms with Gasteiger partial charge in [0.2, 0.25) is 0 Å². The van der Waals surface area contributed by atoms with Gasteiger partial charge in [0.05, 0.1) is 16.4 Å². The normalized spacial score (nSPS) is 19.4. The zero-order chi connectivity index (χ0) is 14.1. The van der Waals surface area contributed by atoms with Crippen LogP contribution in [0.1, 0.15) is 40.0 Å². The number of piperidine rings is 1. The highest BCUT2D eigenvalue weighted by Crippen LogP contribution is 2.32. The second kappa shape index (κ2) is 5.48. The van der Waals surface area contributed by atoms with Crippen LogP contribution in [0.5, 0.6) is 0 Å². The quantitative estimate of drug-likeness (QED) is 0.850. The number of aryl methyl sites for hydroxylation is 3. The zero-order valence-electron chi connectivity index (χ0n) is 12.3. The molecule has 0 bridgehead atoms. The number of rotatable bonds is 2. The van der Waals surface area contributed by atoms with Crippen LogP contribution in [0, 0.1) is 20.8 Å². The van der Waals surface area contributed by atoms with E-state index in [9.17, 15) is 0 Å². The molecule has 106 valence electrons. The molecule has 1 atom stereocenters. The molecule has 0 spiro atoms. The molecule has 5 heteroatoms. The molecule has 4 nitrogen and oxygen atoms in total. The van der Waals surface area contributed by atoms with E-state index < -0.39 is 0 Å². The first-order chi connectivity index (χ1) is 9.63. The standard InChI is InChI=1S/C15H20N4S/c1-10-7-16-12(3)14(18-10)19-6-4-5-13(9-19)15-17-8-11(2)20-15/h7-8,13H,4-6,9H2,1-3H3/t13-/m1/s1. The number of aromatic nitrogens is 3. The number of thiazole rings is 1. The van der Waals surface area contributed by atoms with Gasteiger partial charge in [0, 0.05) is 36.3 Å². The highest BCUT2D eigenvalue weighted by molar-refractivity contribution is 7.11. The summed E-state index contributed by atoms with van der Waals surface area (Å²) in [5.41, 5.74) is 2.00. The predicted octanol–water partition coefficient (Wildman–Crippen LogP) is 3.24. The number of nitrogens with zero attached hydrogens (tertiary/aromatic N) is 4. The van der Waals surface area contributed by atoms with E-state index >= 15 is 0 Å². The predicted molar refractivity (Wildman–Crippen MR) is 82.5 cm³/mol. The van der Waals surface area contributed by atoms with Crippen molar-refractivity contribution in [3.63, 3.8) is 0 Å². The third-order valence-corrected chi connectivity index (χ3v) is 4.84. The smallest absolute Gasteiger partial charge is 0.150 e. The minimum absolute atomic E-state index is 0.532. The van der Waals surface area contributed by atoms with Crippen LogP contribution in [0.15, 0.2) is 12.4 Å². The molecule has 3 rings (SSSR count). The second-order valence-electron chi connectivity index (χ2n) is 5.51. The molecule has 0 aliphatic carbocycles. The van der Waals surface area contributed by atoms with Crippen LogP contribution in [0.2, 0.25) is 0 Å². The summed E-state index contributed by atoms with van der Waals surface area (Å²) < 4.78 is 0. The molecular formula is C15H20N4S. The number of hydrogen-bond donors (Lipinski definition) is 0. The van der Waals surface area contributed by atoms with Gasteiger partial charge in [0.1, 0.15) is 5.82 Å². The first-order valence-corrected chi connectivity index (χ1v) is 7.92. The molecule has 3 heterocycles. The zero-order valence-corrected chi connectivity index (χ0v) is 13.1. The summed E-state index contributed by atoms with van der Waals surface area (Å²) in [4.78, 5) is 17.3. The Kier molecular flexibility index (Phi) is 3.70. The average molecular weight is 288 g/mol. The van der Waals surface area contributed by atoms with E-state index in [1.807, 2.05) is 37.6 Å². The average Bonchev–Trinajstić information content (AvgIpc) is 2.88. The van der Waals surface area contributed by atoms with Gasteiger partial charge in [-0.05, 0) is 33.6 Å². The van der Waals surface area contributed by atoms with Gasteiger partial charge >= 0.3 is 0 Å². The summed E-state index contributed by atoms with van der Waals surface area (Å²) in [6.45, 7) is 8.24. The molecule has 0 unspecified atom stereocenters. The van der Waals surface area contributed by atoms with E-state index in [0.29, 0.717) is 5.92 Å². The van der Waals surface area contributed by atoms with Gasteiger partial charge in [0.25, 0.3) is 0 Å². The molecule has 0 saturated carbocycles. The molecule has 2 aromatic rings. The minimum Gasteiger partial charge on any atom is -0.354 e. The van der Waals surface area contributed by atoms with Crippen molar-refractivity contribution in [2.75, 3.05) is 18.0 Å². The van der Waals surface area contributed by atoms with Gasteiger partial charge in [-0.1, -0.05) is 0 Å². The highest BCUT2D eigenvalue weighted by atomic mass is 32.1. The van der Waals surface area contributed by atoms with Crippen molar-refractivity contribution < 1.29 is 0 Å². The Morgan fingerprint density at radius 1 is 1.20 bits per heavy atom. The minimum atomic E-state index is 0.532. The van der Waals surface area contributed by atoms with E-state index in [1.165, 1.54) is 22.7 Å². The van der Waals surface area contributed by atoms with Crippen molar-refractivity contribution >= 4 is 17.2 Å². The van der Waals surface area contributed by atoms with Crippen LogP contribution in [-0.4, -0.2) is 28.0 Å². The van der Waals surface area contributed by atoms with Gasteiger partial charge in [-0.15, -0.1) is 11.3 Å². The van der Waals surface area contributed by atoms with Crippen LogP contribution in [0.3, 0.4) is 0 Å². The van der Waals surface area contributed by atoms with Crippen molar-refractivity contribution in [2.24, 2.45) is 0 Å². The lowest BCUT2D eigenvalue weighted by Gasteiger charge is -2.33. The van der Waals surface area contributed by atoms with Crippen molar-refractivity contribution in [3.8, 4) is 0 Å². The van der Waals surface area contributed by atoms with E-state index in [2.05, 4.69) is 26.8 Å². The van der Waals surface area contributed by atoms with Gasteiger partial charge in [0.15, 0.2) is 0 Å². The van der Waals surface area contributed by atoms with Crippen molar-refractivity contribution in [3.05, 3.63) is 33.7 Å². The van der Waals surface area contributed by atoms with Crippen molar-refractivity contribution in [2.45, 2.75) is 39.5 Å². The fourth-order valence-corrected chi connectivity index (χ4v) is 3.66. The van der Waals surface area contributed by atoms with E-state index in [1.54, 1.807) is 0 Å². The highest BCUT2D eigenvalue weighted by Gasteiger charge is 2.25. The van der Waals surface area contributed by atoms with Crippen LogP contribution in [0.4, 0.5) is 5.82 Å². The van der Waals surface area contributed by atoms with Crippen molar-refractivity contribution in [1.82, 2.24) is 15.0 Å². The third-order valence-electron chi connectivity index (χ3n) is 3.76. The summed E-state index contributed by atoms with van der Waals surface area (Å²) in [5.74, 6) is 1.58. The maximum absolute atomic E-state index is 4.68. The maximum Gasteiger partial charge on any atom is 0.150 e. The molecule has 0 amide bonds. The first kappa shape index (κ1) is 13.5. The summed E-state index contributed by atoms with van der Waals surface area (Å²) in [6.07, 6.45) is 6.24. The summed E-state index contributed by atoms with van der Waals surface area (Å²) in [6, 6.07) is 0. The van der Waals surface area contributed by atoms with Crippen LogP contribution in [-0.2, 0) is 0 Å². The molecule has 0 radical (unpaired) electrons. The second-order valence-corrected chi connectivity index (χ2v) is 6.78. The van der Waals surface area contributed by atoms with Gasteiger partial charge in [-0.2, -0.15) is 0 Å². The fraction of sp³-hybridized carbons (Fsp3) is 0.533. The summed E-state index contributed by atoms with van der Waals surface area (Å²) in [7, 11) is 0. The summed E-state index contributed by atoms with van der Waals surface area (Å²) in [5, 5.41) is 1.27. The Morgan fingerprint density at radius 2 is 2.05 bits per heavy atom. The molecule has 20 heavy (non-hydrogen) atoms. The number of hydrogen-bond acceptors (Lipinski definition) is 5. The lowest BCUT2D eigenvalue weighted by Crippen LogP contribution is -2.35. The molecule has 1 saturated heterocycles. The molecule has 0 aromatic carbocycles. The maximum atomic E-state index is 4.68. The molecular weight excluding hydrogens is 268 g/mol. The molecule has 1 aliphatic heterocycles. The first-order valence-electron chi connectivity index (χ1n) is 7.11. The Morgan fingerprint density at radius 3 is 2.80 bits per heavy atom. The van der Waals surface area contributed by atoms with Gasteiger partial charge < -0.3 is 4.90 Å². The van der Waals surface area contributed by atoms with Crippen LogP contribution >= 0.6 is 11.3 Å². The Bertz CT molecular complexity index is 608. The Labute approximate surface area is 123 Å². The van der Waals surface area contributed by atoms with E-state index in [-0.39, 0.29) is 0 Å². The largest absolute Gasteiger partial charge is 0.354 e. The molecule has 1 fully saturated rings. The van der Waals surface area contributed by atoms with E-state index in [4.69, 9.17) is 0 Å². The Hall–Kier alpha value is -1.49. The molecule has 1 aliphatic rings. The van der Waals surface area contributed by atoms with Gasteiger partial charge in [-0.25, -0.2) is 9.97 Å². The topological polar surface area (TPSA) is 41.9 Å². The van der Waals surface area contributed by atoms with Crippen LogP contribution < -0.4 is 4.90 Å². The monoisotopic (exact) mass is 288 g/mol. The van der Waals surface area contributed by atoms with Crippen LogP contribution in [0.25, 0.3) is 0 Å². The summed E-state index contributed by atoms with van der Waals surface area (Å²) >= 11 is 1.83. The number of anilines is 1. The molecule has 2 aromatic heterocycles. The third kappa shape index (κ3) is 2.68. The van der Waals surface area contributed by atoms with Crippen molar-refractivity contribution in [1.29, 1.82) is 0 Å². The Balaban J connectivity index is 1.83. The fourth-order valence-electron chi connectivity index (χ4n) is 2.76.